The van der Waals surface area contributed by atoms with Crippen LogP contribution in [0.5, 0.6) is 0 Å². The van der Waals surface area contributed by atoms with Crippen molar-refractivity contribution in [3.05, 3.63) is 34.2 Å². The molecule has 5 nitrogen and oxygen atoms in total. The van der Waals surface area contributed by atoms with E-state index in [1.807, 2.05) is 18.2 Å². The van der Waals surface area contributed by atoms with Crippen LogP contribution >= 0.6 is 0 Å². The van der Waals surface area contributed by atoms with Gasteiger partial charge in [-0.05, 0) is 24.1 Å². The Labute approximate surface area is 118 Å². The summed E-state index contributed by atoms with van der Waals surface area (Å²) in [5, 5.41) is 2.90. The number of carbonyl (C=O) groups excluding carboxylic acids is 1. The summed E-state index contributed by atoms with van der Waals surface area (Å²) in [7, 11) is 3.50. The van der Waals surface area contributed by atoms with Crippen LogP contribution in [0.1, 0.15) is 25.3 Å². The van der Waals surface area contributed by atoms with E-state index in [9.17, 15) is 9.59 Å². The Morgan fingerprint density at radius 3 is 2.60 bits per heavy atom. The van der Waals surface area contributed by atoms with E-state index in [4.69, 9.17) is 0 Å². The molecule has 0 aliphatic carbocycles. The summed E-state index contributed by atoms with van der Waals surface area (Å²) in [5.74, 6) is 0.0266. The second kappa shape index (κ2) is 5.94. The lowest BCUT2D eigenvalue weighted by molar-refractivity contribution is -0.120. The molecular formula is C15H21N3O2. The summed E-state index contributed by atoms with van der Waals surface area (Å²) in [6.07, 6.45) is 2.42. The molecule has 20 heavy (non-hydrogen) atoms. The number of hydrogen-bond acceptors (Lipinski definition) is 2. The third-order valence-electron chi connectivity index (χ3n) is 3.55. The Bertz CT molecular complexity index is 682. The number of aryl methyl sites for hydroxylation is 2. The average molecular weight is 275 g/mol. The van der Waals surface area contributed by atoms with Gasteiger partial charge in [-0.3, -0.25) is 13.9 Å². The summed E-state index contributed by atoms with van der Waals surface area (Å²) in [5.41, 5.74) is 2.61. The van der Waals surface area contributed by atoms with Crippen LogP contribution in [0.2, 0.25) is 0 Å². The Morgan fingerprint density at radius 1 is 1.20 bits per heavy atom. The number of carbonyl (C=O) groups is 1. The van der Waals surface area contributed by atoms with Gasteiger partial charge < -0.3 is 5.32 Å². The molecule has 1 heterocycles. The quantitative estimate of drug-likeness (QED) is 0.837. The van der Waals surface area contributed by atoms with Crippen LogP contribution in [0, 0.1) is 0 Å². The molecule has 0 saturated carbocycles. The fourth-order valence-electron chi connectivity index (χ4n) is 2.31. The third-order valence-corrected chi connectivity index (χ3v) is 3.55. The topological polar surface area (TPSA) is 56.0 Å². The number of hydrogen-bond donors (Lipinski definition) is 1. The van der Waals surface area contributed by atoms with E-state index >= 15 is 0 Å². The van der Waals surface area contributed by atoms with Crippen LogP contribution < -0.4 is 11.0 Å². The van der Waals surface area contributed by atoms with Crippen LogP contribution in [0.25, 0.3) is 11.0 Å². The number of nitrogens with one attached hydrogen (secondary N) is 1. The molecule has 1 amide bonds. The highest BCUT2D eigenvalue weighted by atomic mass is 16.2. The molecule has 0 saturated heterocycles. The first-order valence-electron chi connectivity index (χ1n) is 6.95. The molecule has 1 aromatic heterocycles. The molecule has 0 spiro atoms. The van der Waals surface area contributed by atoms with Gasteiger partial charge >= 0.3 is 5.69 Å². The van der Waals surface area contributed by atoms with Gasteiger partial charge in [-0.1, -0.05) is 19.4 Å². The van der Waals surface area contributed by atoms with E-state index in [1.54, 1.807) is 23.2 Å². The van der Waals surface area contributed by atoms with E-state index < -0.39 is 0 Å². The maximum atomic E-state index is 11.8. The zero-order valence-corrected chi connectivity index (χ0v) is 12.3. The van der Waals surface area contributed by atoms with Gasteiger partial charge in [-0.2, -0.15) is 0 Å². The van der Waals surface area contributed by atoms with E-state index in [0.29, 0.717) is 6.42 Å². The van der Waals surface area contributed by atoms with Gasteiger partial charge in [0.05, 0.1) is 17.5 Å². The van der Waals surface area contributed by atoms with Gasteiger partial charge in [0, 0.05) is 20.6 Å². The molecule has 0 fully saturated rings. The van der Waals surface area contributed by atoms with Crippen LogP contribution in [0.15, 0.2) is 23.0 Å². The molecule has 1 aromatic carbocycles. The van der Waals surface area contributed by atoms with Gasteiger partial charge in [-0.15, -0.1) is 0 Å². The standard InChI is InChI=1S/C15H21N3O2/c1-4-5-8-16-14(19)10-11-6-7-12-13(9-11)18(3)15(20)17(12)2/h6-7,9H,4-5,8,10H2,1-3H3,(H,16,19). The van der Waals surface area contributed by atoms with Crippen molar-refractivity contribution >= 4 is 16.9 Å². The minimum absolute atomic E-state index is 0.0266. The van der Waals surface area contributed by atoms with Crippen molar-refractivity contribution in [2.75, 3.05) is 6.54 Å². The van der Waals surface area contributed by atoms with Crippen LogP contribution in [-0.4, -0.2) is 21.6 Å². The number of benzene rings is 1. The molecule has 2 aromatic rings. The highest BCUT2D eigenvalue weighted by molar-refractivity contribution is 5.82. The second-order valence-electron chi connectivity index (χ2n) is 5.10. The number of imidazole rings is 1. The third kappa shape index (κ3) is 2.76. The number of nitrogens with zero attached hydrogens (tertiary/aromatic N) is 2. The Morgan fingerprint density at radius 2 is 1.90 bits per heavy atom. The van der Waals surface area contributed by atoms with Crippen LogP contribution in [0.3, 0.4) is 0 Å². The summed E-state index contributed by atoms with van der Waals surface area (Å²) >= 11 is 0. The van der Waals surface area contributed by atoms with Crippen molar-refractivity contribution in [2.24, 2.45) is 14.1 Å². The molecule has 0 radical (unpaired) electrons. The SMILES string of the molecule is CCCCNC(=O)Cc1ccc2c(c1)n(C)c(=O)n2C. The number of fused-ring (bicyclic) bond motifs is 1. The number of aromatic nitrogens is 2. The molecule has 0 atom stereocenters. The highest BCUT2D eigenvalue weighted by Gasteiger charge is 2.09. The van der Waals surface area contributed by atoms with Gasteiger partial charge in [0.25, 0.3) is 0 Å². The molecule has 0 bridgehead atoms. The van der Waals surface area contributed by atoms with Crippen molar-refractivity contribution in [2.45, 2.75) is 26.2 Å². The van der Waals surface area contributed by atoms with Gasteiger partial charge in [0.2, 0.25) is 5.91 Å². The molecule has 0 aliphatic heterocycles. The van der Waals surface area contributed by atoms with Gasteiger partial charge in [0.1, 0.15) is 0 Å². The van der Waals surface area contributed by atoms with Gasteiger partial charge in [-0.25, -0.2) is 4.79 Å². The van der Waals surface area contributed by atoms with E-state index in [1.165, 1.54) is 0 Å². The van der Waals surface area contributed by atoms with Crippen molar-refractivity contribution < 1.29 is 4.79 Å². The molecule has 0 unspecified atom stereocenters. The zero-order chi connectivity index (χ0) is 14.7. The predicted molar refractivity (Wildman–Crippen MR) is 79.8 cm³/mol. The van der Waals surface area contributed by atoms with Crippen LogP contribution in [0.4, 0.5) is 0 Å². The molecule has 5 heteroatoms. The molecule has 2 rings (SSSR count). The Balaban J connectivity index is 2.18. The summed E-state index contributed by atoms with van der Waals surface area (Å²) < 4.78 is 3.22. The molecule has 108 valence electrons. The second-order valence-corrected chi connectivity index (χ2v) is 5.10. The first kappa shape index (κ1) is 14.4. The van der Waals surface area contributed by atoms with Crippen LogP contribution in [-0.2, 0) is 25.3 Å². The lowest BCUT2D eigenvalue weighted by Gasteiger charge is -2.05. The Kier molecular flexibility index (Phi) is 4.27. The molecular weight excluding hydrogens is 254 g/mol. The van der Waals surface area contributed by atoms with Crippen molar-refractivity contribution in [1.29, 1.82) is 0 Å². The monoisotopic (exact) mass is 275 g/mol. The highest BCUT2D eigenvalue weighted by Crippen LogP contribution is 2.14. The lowest BCUT2D eigenvalue weighted by Crippen LogP contribution is -2.25. The molecule has 0 aliphatic rings. The number of unbranched alkanes of at least 4 members (excludes halogenated alkanes) is 1. The fraction of sp³-hybridized carbons (Fsp3) is 0.467. The normalized spacial score (nSPS) is 10.9. The largest absolute Gasteiger partial charge is 0.356 e. The fourth-order valence-corrected chi connectivity index (χ4v) is 2.31. The van der Waals surface area contributed by atoms with Crippen molar-refractivity contribution in [1.82, 2.24) is 14.5 Å². The van der Waals surface area contributed by atoms with E-state index in [2.05, 4.69) is 12.2 Å². The summed E-state index contributed by atoms with van der Waals surface area (Å²) in [6.45, 7) is 2.82. The number of amides is 1. The van der Waals surface area contributed by atoms with Crippen molar-refractivity contribution in [3.8, 4) is 0 Å². The predicted octanol–water partition coefficient (Wildman–Crippen LogP) is 1.34. The van der Waals surface area contributed by atoms with E-state index in [-0.39, 0.29) is 11.6 Å². The minimum atomic E-state index is -0.0513. The first-order valence-corrected chi connectivity index (χ1v) is 6.95. The van der Waals surface area contributed by atoms with Gasteiger partial charge in [0.15, 0.2) is 0 Å². The number of rotatable bonds is 5. The zero-order valence-electron chi connectivity index (χ0n) is 12.3. The summed E-state index contributed by atoms with van der Waals surface area (Å²) in [6, 6.07) is 5.71. The Hall–Kier alpha value is -2.04. The summed E-state index contributed by atoms with van der Waals surface area (Å²) in [4.78, 5) is 23.6. The lowest BCUT2D eigenvalue weighted by atomic mass is 10.1. The minimum Gasteiger partial charge on any atom is -0.356 e. The van der Waals surface area contributed by atoms with Crippen molar-refractivity contribution in [3.63, 3.8) is 0 Å². The maximum absolute atomic E-state index is 11.8. The first-order chi connectivity index (χ1) is 9.54. The maximum Gasteiger partial charge on any atom is 0.328 e. The van der Waals surface area contributed by atoms with E-state index in [0.717, 1.165) is 36.0 Å². The average Bonchev–Trinajstić information content (AvgIpc) is 2.64. The molecule has 1 N–H and O–H groups in total. The smallest absolute Gasteiger partial charge is 0.328 e.